The molecule has 3 aliphatic carbocycles. The van der Waals surface area contributed by atoms with E-state index >= 15 is 0 Å². The van der Waals surface area contributed by atoms with Gasteiger partial charge >= 0.3 is 0 Å². The molecule has 31 heavy (non-hydrogen) atoms. The zero-order chi connectivity index (χ0) is 22.7. The molecule has 4 nitrogen and oxygen atoms in total. The highest BCUT2D eigenvalue weighted by Crippen LogP contribution is 2.66. The summed E-state index contributed by atoms with van der Waals surface area (Å²) in [6, 6.07) is 0. The summed E-state index contributed by atoms with van der Waals surface area (Å²) in [5.74, 6) is 2.27. The number of allylic oxidation sites excluding steroid dienone is 2. The number of rotatable bonds is 6. The number of hydrogen-bond acceptors (Lipinski definition) is 2. The predicted octanol–water partition coefficient (Wildman–Crippen LogP) is 4.97. The zero-order valence-corrected chi connectivity index (χ0v) is 21.0. The number of carbonyl (C=O) groups is 1. The van der Waals surface area contributed by atoms with Gasteiger partial charge in [0.05, 0.1) is 38.3 Å². The van der Waals surface area contributed by atoms with Gasteiger partial charge < -0.3 is 14.5 Å². The number of fused-ring (bicyclic) bond motifs is 5. The summed E-state index contributed by atoms with van der Waals surface area (Å²) < 4.78 is 1.09. The lowest BCUT2D eigenvalue weighted by Gasteiger charge is -2.59. The highest BCUT2D eigenvalue weighted by atomic mass is 16.3. The molecule has 0 aromatic rings. The van der Waals surface area contributed by atoms with E-state index in [2.05, 4.69) is 52.5 Å². The van der Waals surface area contributed by atoms with Crippen LogP contribution in [0, 0.1) is 28.6 Å². The standard InChI is InChI=1S/C27H47N2O2/c1-7-29(8-2,9-3)19-18-28-23-11-10-20-21(25(23,4)15-14-24(28)30)12-16-26(5)22(20)13-17-27(26,6)31/h11,20-22,31H,7-10,12-19H2,1-6H3/q+1/t20-,21+,22-,25-,26-,27-/m1/s1. The van der Waals surface area contributed by atoms with Gasteiger partial charge in [0.25, 0.3) is 0 Å². The molecule has 1 N–H and O–H groups in total. The van der Waals surface area contributed by atoms with Gasteiger partial charge in [-0.25, -0.2) is 0 Å². The molecule has 0 aromatic carbocycles. The van der Waals surface area contributed by atoms with Crippen LogP contribution in [0.3, 0.4) is 0 Å². The summed E-state index contributed by atoms with van der Waals surface area (Å²) in [6.45, 7) is 19.1. The lowest BCUT2D eigenvalue weighted by molar-refractivity contribution is -0.922. The highest BCUT2D eigenvalue weighted by Gasteiger charge is 2.62. The number of likely N-dealkylation sites (N-methyl/N-ethyl adjacent to an activating group) is 1. The van der Waals surface area contributed by atoms with E-state index in [-0.39, 0.29) is 10.8 Å². The molecule has 0 radical (unpaired) electrons. The number of quaternary nitrogens is 1. The maximum Gasteiger partial charge on any atom is 0.226 e. The normalized spacial score (nSPS) is 42.7. The van der Waals surface area contributed by atoms with Crippen molar-refractivity contribution in [3.05, 3.63) is 11.8 Å². The van der Waals surface area contributed by atoms with E-state index in [4.69, 9.17) is 0 Å². The molecule has 1 saturated heterocycles. The fourth-order valence-electron chi connectivity index (χ4n) is 8.39. The molecule has 2 saturated carbocycles. The zero-order valence-electron chi connectivity index (χ0n) is 21.0. The van der Waals surface area contributed by atoms with Crippen molar-refractivity contribution in [3.8, 4) is 0 Å². The first kappa shape index (κ1) is 23.3. The lowest BCUT2D eigenvalue weighted by Crippen LogP contribution is -2.58. The van der Waals surface area contributed by atoms with Crippen molar-refractivity contribution in [3.63, 3.8) is 0 Å². The molecule has 4 aliphatic rings. The van der Waals surface area contributed by atoms with Crippen LogP contribution in [-0.2, 0) is 4.79 Å². The van der Waals surface area contributed by atoms with Crippen molar-refractivity contribution >= 4 is 5.91 Å². The Morgan fingerprint density at radius 2 is 1.68 bits per heavy atom. The molecule has 1 aliphatic heterocycles. The van der Waals surface area contributed by atoms with E-state index in [0.717, 1.165) is 69.3 Å². The second-order valence-corrected chi connectivity index (χ2v) is 11.9. The molecule has 0 bridgehead atoms. The lowest BCUT2D eigenvalue weighted by atomic mass is 9.48. The second kappa shape index (κ2) is 7.87. The van der Waals surface area contributed by atoms with Gasteiger partial charge in [0.1, 0.15) is 0 Å². The minimum atomic E-state index is -0.524. The molecule has 3 fully saturated rings. The summed E-state index contributed by atoms with van der Waals surface area (Å²) in [4.78, 5) is 15.3. The molecule has 1 heterocycles. The van der Waals surface area contributed by atoms with Crippen molar-refractivity contribution in [2.45, 2.75) is 92.1 Å². The molecule has 4 rings (SSSR count). The van der Waals surface area contributed by atoms with Crippen LogP contribution < -0.4 is 0 Å². The number of piperidine rings is 1. The molecule has 1 amide bonds. The summed E-state index contributed by atoms with van der Waals surface area (Å²) in [5, 5.41) is 11.2. The summed E-state index contributed by atoms with van der Waals surface area (Å²) in [7, 11) is 0. The first-order valence-corrected chi connectivity index (χ1v) is 13.2. The van der Waals surface area contributed by atoms with E-state index in [1.165, 1.54) is 12.1 Å². The van der Waals surface area contributed by atoms with Crippen molar-refractivity contribution in [2.24, 2.45) is 28.6 Å². The number of amides is 1. The average Bonchev–Trinajstić information content (AvgIpc) is 3.00. The van der Waals surface area contributed by atoms with E-state index in [0.29, 0.717) is 30.1 Å². The molecule has 0 aromatic heterocycles. The van der Waals surface area contributed by atoms with Gasteiger partial charge in [0.15, 0.2) is 0 Å². The van der Waals surface area contributed by atoms with Crippen LogP contribution in [-0.4, -0.2) is 58.7 Å². The predicted molar refractivity (Wildman–Crippen MR) is 126 cm³/mol. The smallest absolute Gasteiger partial charge is 0.226 e. The van der Waals surface area contributed by atoms with Gasteiger partial charge in [-0.15, -0.1) is 0 Å². The summed E-state index contributed by atoms with van der Waals surface area (Å²) in [5.41, 5.74) is 0.997. The molecule has 176 valence electrons. The quantitative estimate of drug-likeness (QED) is 0.603. The van der Waals surface area contributed by atoms with Gasteiger partial charge in [-0.2, -0.15) is 0 Å². The minimum Gasteiger partial charge on any atom is -0.390 e. The fourth-order valence-corrected chi connectivity index (χ4v) is 8.39. The van der Waals surface area contributed by atoms with Crippen molar-refractivity contribution in [1.29, 1.82) is 0 Å². The number of nitrogens with zero attached hydrogens (tertiary/aromatic N) is 2. The molecule has 0 spiro atoms. The Balaban J connectivity index is 1.61. The van der Waals surface area contributed by atoms with Crippen LogP contribution >= 0.6 is 0 Å². The maximum atomic E-state index is 13.1. The van der Waals surface area contributed by atoms with Crippen LogP contribution in [0.25, 0.3) is 0 Å². The Hall–Kier alpha value is -0.870. The van der Waals surface area contributed by atoms with Gasteiger partial charge in [-0.3, -0.25) is 4.79 Å². The molecule has 0 unspecified atom stereocenters. The Kier molecular flexibility index (Phi) is 5.91. The van der Waals surface area contributed by atoms with Crippen LogP contribution in [0.2, 0.25) is 0 Å². The largest absolute Gasteiger partial charge is 0.390 e. The van der Waals surface area contributed by atoms with Crippen LogP contribution in [0.1, 0.15) is 86.5 Å². The molecular formula is C27H47N2O2+. The number of likely N-dealkylation sites (tertiary alicyclic amines) is 1. The Morgan fingerprint density at radius 3 is 2.32 bits per heavy atom. The second-order valence-electron chi connectivity index (χ2n) is 11.9. The average molecular weight is 432 g/mol. The van der Waals surface area contributed by atoms with Crippen molar-refractivity contribution in [2.75, 3.05) is 32.7 Å². The fraction of sp³-hybridized carbons (Fsp3) is 0.889. The summed E-state index contributed by atoms with van der Waals surface area (Å²) in [6.07, 6.45) is 9.68. The third kappa shape index (κ3) is 3.34. The van der Waals surface area contributed by atoms with Crippen LogP contribution in [0.15, 0.2) is 11.8 Å². The first-order chi connectivity index (χ1) is 14.6. The SMILES string of the molecule is CC[N+](CC)(CC)CCN1C(=O)CC[C@@]2(C)C1=CC[C@H]1[C@H]3CC[C@@](C)(O)[C@]3(C)CC[C@@H]12. The van der Waals surface area contributed by atoms with Crippen LogP contribution in [0.4, 0.5) is 0 Å². The van der Waals surface area contributed by atoms with Gasteiger partial charge in [0.2, 0.25) is 5.91 Å². The minimum absolute atomic E-state index is 0.0561. The third-order valence-corrected chi connectivity index (χ3v) is 11.2. The Labute approximate surface area is 190 Å². The van der Waals surface area contributed by atoms with Gasteiger partial charge in [0, 0.05) is 17.5 Å². The Bertz CT molecular complexity index is 731. The third-order valence-electron chi connectivity index (χ3n) is 11.2. The highest BCUT2D eigenvalue weighted by molar-refractivity contribution is 5.80. The monoisotopic (exact) mass is 431 g/mol. The van der Waals surface area contributed by atoms with Crippen molar-refractivity contribution in [1.82, 2.24) is 4.90 Å². The maximum absolute atomic E-state index is 13.1. The summed E-state index contributed by atoms with van der Waals surface area (Å²) >= 11 is 0. The number of aliphatic hydroxyl groups is 1. The van der Waals surface area contributed by atoms with E-state index in [1.54, 1.807) is 0 Å². The Morgan fingerprint density at radius 1 is 1.03 bits per heavy atom. The molecule has 4 heteroatoms. The van der Waals surface area contributed by atoms with Crippen LogP contribution in [0.5, 0.6) is 0 Å². The van der Waals surface area contributed by atoms with E-state index < -0.39 is 5.60 Å². The molecular weight excluding hydrogens is 384 g/mol. The van der Waals surface area contributed by atoms with E-state index in [9.17, 15) is 9.90 Å². The van der Waals surface area contributed by atoms with Gasteiger partial charge in [-0.05, 0) is 89.4 Å². The van der Waals surface area contributed by atoms with Gasteiger partial charge in [-0.1, -0.05) is 19.9 Å². The van der Waals surface area contributed by atoms with E-state index in [1.807, 2.05) is 0 Å². The topological polar surface area (TPSA) is 40.5 Å². The number of hydrogen-bond donors (Lipinski definition) is 1. The number of carbonyl (C=O) groups excluding carboxylic acids is 1. The van der Waals surface area contributed by atoms with Crippen molar-refractivity contribution < 1.29 is 14.4 Å². The first-order valence-electron chi connectivity index (χ1n) is 13.2. The molecule has 6 atom stereocenters.